The zero-order valence-electron chi connectivity index (χ0n) is 11.5. The fraction of sp³-hybridized carbons (Fsp3) is 0.818. The van der Waals surface area contributed by atoms with Gasteiger partial charge >= 0.3 is 18.2 Å². The van der Waals surface area contributed by atoms with E-state index >= 15 is 0 Å². The molecule has 1 rings (SSSR count). The number of carboxylic acid groups (broad SMARTS) is 1. The van der Waals surface area contributed by atoms with Crippen molar-refractivity contribution in [1.29, 1.82) is 0 Å². The minimum absolute atomic E-state index is 0.125. The van der Waals surface area contributed by atoms with E-state index in [0.717, 1.165) is 0 Å². The molecule has 1 aliphatic heterocycles. The number of aliphatic carboxylic acids is 1. The highest BCUT2D eigenvalue weighted by Crippen LogP contribution is 2.17. The summed E-state index contributed by atoms with van der Waals surface area (Å²) in [6.45, 7) is -0.626. The third-order valence-electron chi connectivity index (χ3n) is 3.06. The Hall–Kier alpha value is -1.55. The van der Waals surface area contributed by atoms with Crippen molar-refractivity contribution < 1.29 is 32.6 Å². The number of carboxylic acids is 1. The molecule has 0 aromatic carbocycles. The number of halogens is 3. The number of nitrogens with zero attached hydrogens (tertiary/aromatic N) is 2. The molecular formula is C11H18F3N3O4. The van der Waals surface area contributed by atoms with Crippen LogP contribution in [0.5, 0.6) is 0 Å². The lowest BCUT2D eigenvalue weighted by molar-refractivity contribution is -0.148. The zero-order chi connectivity index (χ0) is 16.0. The summed E-state index contributed by atoms with van der Waals surface area (Å²) in [6.07, 6.45) is -5.40. The summed E-state index contributed by atoms with van der Waals surface area (Å²) in [7, 11) is 1.21. The Balaban J connectivity index is 2.33. The average Bonchev–Trinajstić information content (AvgIpc) is 2.37. The van der Waals surface area contributed by atoms with Gasteiger partial charge in [0.05, 0.1) is 13.1 Å². The summed E-state index contributed by atoms with van der Waals surface area (Å²) in [5, 5.41) is 11.1. The molecule has 21 heavy (non-hydrogen) atoms. The van der Waals surface area contributed by atoms with Gasteiger partial charge in [-0.15, -0.1) is 0 Å². The first-order valence-electron chi connectivity index (χ1n) is 6.30. The number of nitrogens with one attached hydrogen (secondary N) is 1. The molecular weight excluding hydrogens is 295 g/mol. The molecule has 1 saturated heterocycles. The van der Waals surface area contributed by atoms with Crippen LogP contribution in [-0.2, 0) is 9.53 Å². The molecule has 0 radical (unpaired) electrons. The van der Waals surface area contributed by atoms with Gasteiger partial charge in [-0.25, -0.2) is 9.59 Å². The van der Waals surface area contributed by atoms with Crippen LogP contribution in [0.2, 0.25) is 0 Å². The molecule has 1 fully saturated rings. The van der Waals surface area contributed by atoms with Crippen molar-refractivity contribution >= 4 is 12.0 Å². The van der Waals surface area contributed by atoms with Crippen LogP contribution >= 0.6 is 0 Å². The fourth-order valence-corrected chi connectivity index (χ4v) is 1.93. The van der Waals surface area contributed by atoms with E-state index in [4.69, 9.17) is 5.11 Å². The van der Waals surface area contributed by atoms with E-state index in [1.54, 1.807) is 0 Å². The summed E-state index contributed by atoms with van der Waals surface area (Å²) in [5.41, 5.74) is 0. The number of carbonyl (C=O) groups is 2. The second-order valence-corrected chi connectivity index (χ2v) is 4.63. The van der Waals surface area contributed by atoms with Crippen LogP contribution in [0, 0.1) is 0 Å². The smallest absolute Gasteiger partial charge is 0.401 e. The molecule has 2 amide bonds. The maximum Gasteiger partial charge on any atom is 0.401 e. The van der Waals surface area contributed by atoms with Gasteiger partial charge in [0.25, 0.3) is 0 Å². The van der Waals surface area contributed by atoms with E-state index in [9.17, 15) is 22.8 Å². The van der Waals surface area contributed by atoms with Gasteiger partial charge in [0, 0.05) is 33.3 Å². The van der Waals surface area contributed by atoms with Gasteiger partial charge in [-0.05, 0) is 0 Å². The molecule has 10 heteroatoms. The van der Waals surface area contributed by atoms with Gasteiger partial charge < -0.3 is 20.1 Å². The molecule has 1 atom stereocenters. The number of methoxy groups -OCH3 is 1. The molecule has 1 aliphatic rings. The summed E-state index contributed by atoms with van der Waals surface area (Å²) >= 11 is 0. The van der Waals surface area contributed by atoms with Crippen molar-refractivity contribution in [1.82, 2.24) is 15.1 Å². The van der Waals surface area contributed by atoms with Gasteiger partial charge in [-0.2, -0.15) is 13.2 Å². The number of alkyl halides is 3. The lowest BCUT2D eigenvalue weighted by atomic mass is 10.3. The van der Waals surface area contributed by atoms with E-state index in [2.05, 4.69) is 10.1 Å². The highest BCUT2D eigenvalue weighted by Gasteiger charge is 2.33. The SMILES string of the molecule is COC(CNC(=O)N1CCN(CC(F)(F)F)CC1)C(=O)O. The predicted molar refractivity (Wildman–Crippen MR) is 65.9 cm³/mol. The second kappa shape index (κ2) is 7.46. The highest BCUT2D eigenvalue weighted by atomic mass is 19.4. The number of amides is 2. The van der Waals surface area contributed by atoms with Gasteiger partial charge in [0.15, 0.2) is 6.10 Å². The van der Waals surface area contributed by atoms with Gasteiger partial charge in [0.2, 0.25) is 0 Å². The number of hydrogen-bond acceptors (Lipinski definition) is 4. The molecule has 0 aromatic rings. The molecule has 1 unspecified atom stereocenters. The van der Waals surface area contributed by atoms with Crippen LogP contribution in [-0.4, -0.2) is 85.6 Å². The minimum Gasteiger partial charge on any atom is -0.479 e. The molecule has 2 N–H and O–H groups in total. The van der Waals surface area contributed by atoms with E-state index in [0.29, 0.717) is 0 Å². The average molecular weight is 313 g/mol. The maximum absolute atomic E-state index is 12.2. The number of ether oxygens (including phenoxy) is 1. The molecule has 1 heterocycles. The van der Waals surface area contributed by atoms with Crippen molar-refractivity contribution in [3.8, 4) is 0 Å². The Kier molecular flexibility index (Phi) is 6.21. The monoisotopic (exact) mass is 313 g/mol. The Labute approximate surface area is 119 Å². The summed E-state index contributed by atoms with van der Waals surface area (Å²) in [4.78, 5) is 25.0. The molecule has 0 bridgehead atoms. The Bertz CT molecular complexity index is 370. The topological polar surface area (TPSA) is 82.1 Å². The van der Waals surface area contributed by atoms with E-state index in [1.165, 1.54) is 16.9 Å². The largest absolute Gasteiger partial charge is 0.479 e. The maximum atomic E-state index is 12.2. The van der Waals surface area contributed by atoms with Crippen LogP contribution in [0.25, 0.3) is 0 Å². The van der Waals surface area contributed by atoms with E-state index in [1.807, 2.05) is 0 Å². The molecule has 0 aromatic heterocycles. The van der Waals surface area contributed by atoms with Gasteiger partial charge in [0.1, 0.15) is 0 Å². The molecule has 7 nitrogen and oxygen atoms in total. The zero-order valence-corrected chi connectivity index (χ0v) is 11.5. The predicted octanol–water partition coefficient (Wildman–Crippen LogP) is -0.0245. The Morgan fingerprint density at radius 1 is 1.29 bits per heavy atom. The number of urea groups is 1. The first kappa shape index (κ1) is 17.5. The van der Waals surface area contributed by atoms with Gasteiger partial charge in [-0.1, -0.05) is 0 Å². The van der Waals surface area contributed by atoms with Crippen molar-refractivity contribution in [3.63, 3.8) is 0 Å². The van der Waals surface area contributed by atoms with Crippen LogP contribution < -0.4 is 5.32 Å². The Morgan fingerprint density at radius 3 is 2.29 bits per heavy atom. The number of rotatable bonds is 5. The van der Waals surface area contributed by atoms with Crippen LogP contribution in [0.4, 0.5) is 18.0 Å². The van der Waals surface area contributed by atoms with Crippen LogP contribution in [0.1, 0.15) is 0 Å². The standard InChI is InChI=1S/C11H18F3N3O4/c1-21-8(9(18)19)6-15-10(20)17-4-2-16(3-5-17)7-11(12,13)14/h8H,2-7H2,1H3,(H,15,20)(H,18,19). The lowest BCUT2D eigenvalue weighted by Crippen LogP contribution is -2.54. The molecule has 0 saturated carbocycles. The first-order valence-corrected chi connectivity index (χ1v) is 6.30. The fourth-order valence-electron chi connectivity index (χ4n) is 1.93. The quantitative estimate of drug-likeness (QED) is 0.745. The van der Waals surface area contributed by atoms with Crippen LogP contribution in [0.3, 0.4) is 0 Å². The van der Waals surface area contributed by atoms with E-state index < -0.39 is 30.8 Å². The van der Waals surface area contributed by atoms with E-state index in [-0.39, 0.29) is 32.7 Å². The third kappa shape index (κ3) is 6.17. The summed E-state index contributed by atoms with van der Waals surface area (Å²) in [6, 6.07) is -0.509. The summed E-state index contributed by atoms with van der Waals surface area (Å²) < 4.78 is 41.3. The summed E-state index contributed by atoms with van der Waals surface area (Å²) in [5.74, 6) is -1.20. The van der Waals surface area contributed by atoms with Crippen LogP contribution in [0.15, 0.2) is 0 Å². The van der Waals surface area contributed by atoms with Crippen molar-refractivity contribution in [2.45, 2.75) is 12.3 Å². The third-order valence-corrected chi connectivity index (χ3v) is 3.06. The Morgan fingerprint density at radius 2 is 1.86 bits per heavy atom. The van der Waals surface area contributed by atoms with Crippen molar-refractivity contribution in [3.05, 3.63) is 0 Å². The molecule has 0 aliphatic carbocycles. The second-order valence-electron chi connectivity index (χ2n) is 4.63. The van der Waals surface area contributed by atoms with Crippen molar-refractivity contribution in [2.24, 2.45) is 0 Å². The highest BCUT2D eigenvalue weighted by molar-refractivity contribution is 5.77. The van der Waals surface area contributed by atoms with Crippen molar-refractivity contribution in [2.75, 3.05) is 46.4 Å². The number of carbonyl (C=O) groups excluding carboxylic acids is 1. The normalized spacial score (nSPS) is 18.4. The lowest BCUT2D eigenvalue weighted by Gasteiger charge is -2.35. The molecule has 0 spiro atoms. The number of hydrogen-bond donors (Lipinski definition) is 2. The number of piperazine rings is 1. The van der Waals surface area contributed by atoms with Gasteiger partial charge in [-0.3, -0.25) is 4.90 Å². The first-order chi connectivity index (χ1) is 9.73. The molecule has 122 valence electrons. The minimum atomic E-state index is -4.25.